The van der Waals surface area contributed by atoms with E-state index < -0.39 is 11.7 Å². The van der Waals surface area contributed by atoms with Crippen LogP contribution in [0.3, 0.4) is 0 Å². The van der Waals surface area contributed by atoms with Gasteiger partial charge in [-0.15, -0.1) is 0 Å². The van der Waals surface area contributed by atoms with E-state index in [9.17, 15) is 13.2 Å². The molecular formula is C12H15F3N2O. The van der Waals surface area contributed by atoms with Crippen LogP contribution in [0.5, 0.6) is 0 Å². The molecule has 0 saturated carbocycles. The number of alkyl halides is 3. The van der Waals surface area contributed by atoms with Crippen molar-refractivity contribution in [1.29, 1.82) is 0 Å². The molecule has 1 rings (SSSR count). The maximum atomic E-state index is 12.5. The monoisotopic (exact) mass is 260 g/mol. The molecule has 1 aromatic rings. The van der Waals surface area contributed by atoms with Gasteiger partial charge in [-0.25, -0.2) is 0 Å². The summed E-state index contributed by atoms with van der Waals surface area (Å²) in [5.41, 5.74) is 5.36. The van der Waals surface area contributed by atoms with Gasteiger partial charge < -0.3 is 10.6 Å². The van der Waals surface area contributed by atoms with Crippen molar-refractivity contribution >= 4 is 5.71 Å². The Hall–Kier alpha value is -1.56. The fourth-order valence-electron chi connectivity index (χ4n) is 1.26. The molecule has 3 nitrogen and oxygen atoms in total. The molecule has 0 fully saturated rings. The largest absolute Gasteiger partial charge is 0.416 e. The van der Waals surface area contributed by atoms with E-state index >= 15 is 0 Å². The van der Waals surface area contributed by atoms with Crippen molar-refractivity contribution in [2.75, 3.05) is 13.2 Å². The first-order chi connectivity index (χ1) is 8.45. The van der Waals surface area contributed by atoms with Gasteiger partial charge in [-0.05, 0) is 37.6 Å². The Morgan fingerprint density at radius 1 is 1.39 bits per heavy atom. The second kappa shape index (κ2) is 6.39. The van der Waals surface area contributed by atoms with Crippen molar-refractivity contribution in [3.05, 3.63) is 35.4 Å². The number of nitrogens with two attached hydrogens (primary N) is 1. The first-order valence-electron chi connectivity index (χ1n) is 5.49. The standard InChI is InChI=1S/C12H15F3N2O/c1-9(17-18-7-3-6-16)10-4-2-5-11(8-10)12(13,14)15/h2,4-5,8H,3,6-7,16H2,1H3. The highest BCUT2D eigenvalue weighted by atomic mass is 19.4. The number of oxime groups is 1. The normalized spacial score (nSPS) is 12.6. The summed E-state index contributed by atoms with van der Waals surface area (Å²) in [7, 11) is 0. The van der Waals surface area contributed by atoms with Gasteiger partial charge in [0.15, 0.2) is 0 Å². The van der Waals surface area contributed by atoms with Crippen LogP contribution in [0.4, 0.5) is 13.2 Å². The summed E-state index contributed by atoms with van der Waals surface area (Å²) in [6, 6.07) is 4.97. The lowest BCUT2D eigenvalue weighted by atomic mass is 10.1. The fraction of sp³-hybridized carbons (Fsp3) is 0.417. The van der Waals surface area contributed by atoms with E-state index in [0.717, 1.165) is 12.1 Å². The third-order valence-electron chi connectivity index (χ3n) is 2.25. The van der Waals surface area contributed by atoms with Crippen LogP contribution in [0.25, 0.3) is 0 Å². The molecule has 18 heavy (non-hydrogen) atoms. The molecular weight excluding hydrogens is 245 g/mol. The quantitative estimate of drug-likeness (QED) is 0.502. The zero-order chi connectivity index (χ0) is 13.6. The predicted octanol–water partition coefficient (Wildman–Crippen LogP) is 2.79. The molecule has 0 aliphatic rings. The van der Waals surface area contributed by atoms with Gasteiger partial charge in [-0.1, -0.05) is 17.3 Å². The Kier molecular flexibility index (Phi) is 5.15. The number of halogens is 3. The Balaban J connectivity index is 2.77. The van der Waals surface area contributed by atoms with E-state index in [1.54, 1.807) is 13.0 Å². The predicted molar refractivity (Wildman–Crippen MR) is 63.3 cm³/mol. The molecule has 0 aliphatic heterocycles. The van der Waals surface area contributed by atoms with Crippen LogP contribution in [-0.4, -0.2) is 18.9 Å². The second-order valence-corrected chi connectivity index (χ2v) is 3.73. The first-order valence-corrected chi connectivity index (χ1v) is 5.49. The minimum Gasteiger partial charge on any atom is -0.396 e. The van der Waals surface area contributed by atoms with Crippen molar-refractivity contribution < 1.29 is 18.0 Å². The number of nitrogens with zero attached hydrogens (tertiary/aromatic N) is 1. The summed E-state index contributed by atoms with van der Waals surface area (Å²) in [4.78, 5) is 4.94. The summed E-state index contributed by atoms with van der Waals surface area (Å²) in [5, 5.41) is 3.75. The molecule has 6 heteroatoms. The summed E-state index contributed by atoms with van der Waals surface area (Å²) < 4.78 is 37.5. The lowest BCUT2D eigenvalue weighted by Gasteiger charge is -2.08. The van der Waals surface area contributed by atoms with Crippen molar-refractivity contribution in [2.45, 2.75) is 19.5 Å². The van der Waals surface area contributed by atoms with Gasteiger partial charge in [-0.3, -0.25) is 0 Å². The van der Waals surface area contributed by atoms with Gasteiger partial charge in [0.05, 0.1) is 11.3 Å². The van der Waals surface area contributed by atoms with Gasteiger partial charge in [0, 0.05) is 0 Å². The van der Waals surface area contributed by atoms with Crippen LogP contribution in [0.1, 0.15) is 24.5 Å². The maximum Gasteiger partial charge on any atom is 0.416 e. The SMILES string of the molecule is CC(=NOCCCN)c1cccc(C(F)(F)F)c1. The molecule has 0 aliphatic carbocycles. The van der Waals surface area contributed by atoms with Crippen molar-refractivity contribution in [3.63, 3.8) is 0 Å². The zero-order valence-corrected chi connectivity index (χ0v) is 10.00. The van der Waals surface area contributed by atoms with Gasteiger partial charge in [0.1, 0.15) is 6.61 Å². The number of hydrogen-bond donors (Lipinski definition) is 1. The summed E-state index contributed by atoms with van der Waals surface area (Å²) in [5.74, 6) is 0. The second-order valence-electron chi connectivity index (χ2n) is 3.73. The van der Waals surface area contributed by atoms with Crippen molar-refractivity contribution in [3.8, 4) is 0 Å². The van der Waals surface area contributed by atoms with E-state index in [0.29, 0.717) is 30.8 Å². The molecule has 0 heterocycles. The van der Waals surface area contributed by atoms with Crippen molar-refractivity contribution in [2.24, 2.45) is 10.9 Å². The highest BCUT2D eigenvalue weighted by Crippen LogP contribution is 2.29. The fourth-order valence-corrected chi connectivity index (χ4v) is 1.26. The zero-order valence-electron chi connectivity index (χ0n) is 10.00. The van der Waals surface area contributed by atoms with E-state index in [2.05, 4.69) is 5.16 Å². The van der Waals surface area contributed by atoms with Crippen LogP contribution in [0.2, 0.25) is 0 Å². The maximum absolute atomic E-state index is 12.5. The average molecular weight is 260 g/mol. The molecule has 1 aromatic carbocycles. The van der Waals surface area contributed by atoms with E-state index in [4.69, 9.17) is 10.6 Å². The van der Waals surface area contributed by atoms with Crippen LogP contribution in [0.15, 0.2) is 29.4 Å². The Bertz CT molecular complexity index is 416. The average Bonchev–Trinajstić information content (AvgIpc) is 2.33. The Labute approximate surface area is 103 Å². The van der Waals surface area contributed by atoms with E-state index in [-0.39, 0.29) is 0 Å². The van der Waals surface area contributed by atoms with Gasteiger partial charge in [0.25, 0.3) is 0 Å². The molecule has 0 saturated heterocycles. The van der Waals surface area contributed by atoms with Gasteiger partial charge >= 0.3 is 6.18 Å². The van der Waals surface area contributed by atoms with E-state index in [1.807, 2.05) is 0 Å². The smallest absolute Gasteiger partial charge is 0.396 e. The third kappa shape index (κ3) is 4.37. The number of benzene rings is 1. The highest BCUT2D eigenvalue weighted by molar-refractivity contribution is 5.98. The first kappa shape index (κ1) is 14.5. The molecule has 0 amide bonds. The van der Waals surface area contributed by atoms with Crippen LogP contribution >= 0.6 is 0 Å². The molecule has 100 valence electrons. The Morgan fingerprint density at radius 2 is 2.11 bits per heavy atom. The molecule has 0 unspecified atom stereocenters. The molecule has 0 spiro atoms. The summed E-state index contributed by atoms with van der Waals surface area (Å²) >= 11 is 0. The number of hydrogen-bond acceptors (Lipinski definition) is 3. The van der Waals surface area contributed by atoms with Gasteiger partial charge in [-0.2, -0.15) is 13.2 Å². The summed E-state index contributed by atoms with van der Waals surface area (Å²) in [6.45, 7) is 2.43. The van der Waals surface area contributed by atoms with Gasteiger partial charge in [0.2, 0.25) is 0 Å². The number of rotatable bonds is 5. The highest BCUT2D eigenvalue weighted by Gasteiger charge is 2.30. The van der Waals surface area contributed by atoms with Crippen molar-refractivity contribution in [1.82, 2.24) is 0 Å². The van der Waals surface area contributed by atoms with Crippen LogP contribution in [-0.2, 0) is 11.0 Å². The van der Waals surface area contributed by atoms with E-state index in [1.165, 1.54) is 6.07 Å². The topological polar surface area (TPSA) is 47.6 Å². The van der Waals surface area contributed by atoms with Crippen LogP contribution in [0, 0.1) is 0 Å². The molecule has 0 bridgehead atoms. The minimum atomic E-state index is -4.35. The lowest BCUT2D eigenvalue weighted by molar-refractivity contribution is -0.137. The third-order valence-corrected chi connectivity index (χ3v) is 2.25. The molecule has 0 aromatic heterocycles. The Morgan fingerprint density at radius 3 is 2.72 bits per heavy atom. The molecule has 0 radical (unpaired) electrons. The van der Waals surface area contributed by atoms with Crippen LogP contribution < -0.4 is 5.73 Å². The summed E-state index contributed by atoms with van der Waals surface area (Å²) in [6.07, 6.45) is -3.70. The molecule has 0 atom stereocenters. The minimum absolute atomic E-state index is 0.354. The molecule has 2 N–H and O–H groups in total. The lowest BCUT2D eigenvalue weighted by Crippen LogP contribution is -2.07.